The molecular formula is C19H31N5O2. The van der Waals surface area contributed by atoms with Crippen LogP contribution in [0.25, 0.3) is 0 Å². The average molecular weight is 361 g/mol. The van der Waals surface area contributed by atoms with E-state index in [4.69, 9.17) is 10.5 Å². The van der Waals surface area contributed by atoms with Gasteiger partial charge in [-0.15, -0.1) is 0 Å². The topological polar surface area (TPSA) is 84.6 Å². The fourth-order valence-corrected chi connectivity index (χ4v) is 4.15. The van der Waals surface area contributed by atoms with Crippen LogP contribution >= 0.6 is 0 Å². The first-order chi connectivity index (χ1) is 12.4. The molecule has 2 saturated heterocycles. The third-order valence-electron chi connectivity index (χ3n) is 5.63. The number of methoxy groups -OCH3 is 1. The number of anilines is 2. The monoisotopic (exact) mass is 361 g/mol. The number of nitrogen functional groups attached to an aromatic ring is 1. The minimum atomic E-state index is 0.149. The fourth-order valence-electron chi connectivity index (χ4n) is 4.15. The Balaban J connectivity index is 1.74. The van der Waals surface area contributed by atoms with Gasteiger partial charge in [-0.2, -0.15) is 9.97 Å². The summed E-state index contributed by atoms with van der Waals surface area (Å²) in [6.07, 6.45) is 4.93. The van der Waals surface area contributed by atoms with E-state index in [1.807, 2.05) is 6.07 Å². The third kappa shape index (κ3) is 4.19. The predicted molar refractivity (Wildman–Crippen MR) is 102 cm³/mol. The van der Waals surface area contributed by atoms with Crippen molar-refractivity contribution in [3.63, 3.8) is 0 Å². The van der Waals surface area contributed by atoms with E-state index >= 15 is 0 Å². The Morgan fingerprint density at radius 3 is 2.85 bits per heavy atom. The Morgan fingerprint density at radius 1 is 1.31 bits per heavy atom. The minimum absolute atomic E-state index is 0.149. The summed E-state index contributed by atoms with van der Waals surface area (Å²) in [6, 6.07) is 1.85. The Kier molecular flexibility index (Phi) is 5.53. The molecule has 2 aliphatic rings. The Labute approximate surface area is 155 Å². The summed E-state index contributed by atoms with van der Waals surface area (Å²) in [6.45, 7) is 7.98. The summed E-state index contributed by atoms with van der Waals surface area (Å²) in [7, 11) is 1.59. The van der Waals surface area contributed by atoms with Crippen LogP contribution in [0.2, 0.25) is 0 Å². The van der Waals surface area contributed by atoms with E-state index in [-0.39, 0.29) is 11.4 Å². The van der Waals surface area contributed by atoms with Crippen molar-refractivity contribution in [2.45, 2.75) is 46.0 Å². The molecule has 0 radical (unpaired) electrons. The molecular weight excluding hydrogens is 330 g/mol. The van der Waals surface area contributed by atoms with E-state index in [0.29, 0.717) is 24.1 Å². The van der Waals surface area contributed by atoms with Crippen molar-refractivity contribution < 1.29 is 9.53 Å². The summed E-state index contributed by atoms with van der Waals surface area (Å²) in [4.78, 5) is 25.2. The van der Waals surface area contributed by atoms with Gasteiger partial charge in [0, 0.05) is 44.1 Å². The van der Waals surface area contributed by atoms with Crippen LogP contribution in [0.5, 0.6) is 5.88 Å². The van der Waals surface area contributed by atoms with E-state index in [1.54, 1.807) is 7.11 Å². The van der Waals surface area contributed by atoms with Gasteiger partial charge in [0.05, 0.1) is 7.11 Å². The van der Waals surface area contributed by atoms with Crippen molar-refractivity contribution in [1.29, 1.82) is 0 Å². The molecule has 7 heteroatoms. The molecule has 2 fully saturated rings. The second-order valence-electron chi connectivity index (χ2n) is 8.15. The highest BCUT2D eigenvalue weighted by molar-refractivity contribution is 5.77. The lowest BCUT2D eigenvalue weighted by Gasteiger charge is -2.48. The van der Waals surface area contributed by atoms with Crippen LogP contribution in [0.4, 0.5) is 11.8 Å². The molecule has 26 heavy (non-hydrogen) atoms. The number of rotatable bonds is 5. The fraction of sp³-hybridized carbons (Fsp3) is 0.737. The van der Waals surface area contributed by atoms with Crippen LogP contribution in [0, 0.1) is 11.3 Å². The molecule has 7 nitrogen and oxygen atoms in total. The van der Waals surface area contributed by atoms with Gasteiger partial charge in [0.25, 0.3) is 0 Å². The number of carbonyl (C=O) groups is 1. The number of ether oxygens (including phenoxy) is 1. The second-order valence-corrected chi connectivity index (χ2v) is 8.15. The smallest absolute Gasteiger partial charge is 0.225 e. The number of carbonyl (C=O) groups excluding carboxylic acids is 1. The molecule has 0 unspecified atom stereocenters. The number of nitrogens with zero attached hydrogens (tertiary/aromatic N) is 4. The molecule has 0 aromatic carbocycles. The summed E-state index contributed by atoms with van der Waals surface area (Å²) >= 11 is 0. The lowest BCUT2D eigenvalue weighted by molar-refractivity contribution is -0.138. The Morgan fingerprint density at radius 2 is 2.12 bits per heavy atom. The number of nitrogens with two attached hydrogens (primary N) is 1. The molecule has 3 heterocycles. The maximum atomic E-state index is 12.4. The van der Waals surface area contributed by atoms with Crippen LogP contribution in [0.3, 0.4) is 0 Å². The highest BCUT2D eigenvalue weighted by atomic mass is 16.5. The van der Waals surface area contributed by atoms with Crippen LogP contribution in [-0.4, -0.2) is 54.1 Å². The minimum Gasteiger partial charge on any atom is -0.481 e. The zero-order valence-electron chi connectivity index (χ0n) is 16.2. The molecule has 1 aromatic heterocycles. The van der Waals surface area contributed by atoms with Gasteiger partial charge in [0.15, 0.2) is 0 Å². The van der Waals surface area contributed by atoms with Gasteiger partial charge in [-0.25, -0.2) is 0 Å². The average Bonchev–Trinajstić information content (AvgIpc) is 2.62. The molecule has 2 N–H and O–H groups in total. The number of hydrogen-bond acceptors (Lipinski definition) is 6. The summed E-state index contributed by atoms with van der Waals surface area (Å²) in [5, 5.41) is 0. The first-order valence-corrected chi connectivity index (χ1v) is 9.62. The van der Waals surface area contributed by atoms with Crippen LogP contribution in [0.1, 0.15) is 46.0 Å². The van der Waals surface area contributed by atoms with Crippen molar-refractivity contribution in [3.8, 4) is 5.88 Å². The number of aromatic nitrogens is 2. The first kappa shape index (κ1) is 18.7. The highest BCUT2D eigenvalue weighted by Gasteiger charge is 2.42. The van der Waals surface area contributed by atoms with Gasteiger partial charge in [-0.05, 0) is 31.6 Å². The molecule has 144 valence electrons. The van der Waals surface area contributed by atoms with Crippen LogP contribution in [-0.2, 0) is 4.79 Å². The van der Waals surface area contributed by atoms with Gasteiger partial charge in [0.2, 0.25) is 17.7 Å². The summed E-state index contributed by atoms with van der Waals surface area (Å²) < 4.78 is 5.24. The standard InChI is InChI=1S/C19H31N5O2/c1-14(2)6-10-24-13-19(8-5-17(24)25)7-4-9-23(12-19)15-11-16(26-3)22-18(20)21-15/h11,14H,4-10,12-13H2,1-3H3,(H2,20,21,22)/t19-/m0/s1. The predicted octanol–water partition coefficient (Wildman–Crippen LogP) is 2.32. The first-order valence-electron chi connectivity index (χ1n) is 9.62. The summed E-state index contributed by atoms with van der Waals surface area (Å²) in [5.41, 5.74) is 5.99. The van der Waals surface area contributed by atoms with Crippen LogP contribution < -0.4 is 15.4 Å². The summed E-state index contributed by atoms with van der Waals surface area (Å²) in [5.74, 6) is 2.46. The van der Waals surface area contributed by atoms with Crippen molar-refractivity contribution >= 4 is 17.7 Å². The number of likely N-dealkylation sites (tertiary alicyclic amines) is 1. The molecule has 2 aliphatic heterocycles. The van der Waals surface area contributed by atoms with Crippen molar-refractivity contribution in [2.75, 3.05) is 43.9 Å². The highest BCUT2D eigenvalue weighted by Crippen LogP contribution is 2.40. The zero-order valence-corrected chi connectivity index (χ0v) is 16.2. The number of amides is 1. The second kappa shape index (κ2) is 7.68. The van der Waals surface area contributed by atoms with Crippen molar-refractivity contribution in [1.82, 2.24) is 14.9 Å². The lowest BCUT2D eigenvalue weighted by atomic mass is 9.73. The Bertz CT molecular complexity index is 651. The van der Waals surface area contributed by atoms with Gasteiger partial charge in [-0.3, -0.25) is 4.79 Å². The molecule has 1 amide bonds. The van der Waals surface area contributed by atoms with E-state index < -0.39 is 0 Å². The SMILES string of the molecule is COc1cc(N2CCC[C@]3(CCC(=O)N(CCC(C)C)C3)C2)nc(N)n1. The zero-order chi connectivity index (χ0) is 18.7. The number of piperidine rings is 2. The van der Waals surface area contributed by atoms with Gasteiger partial charge >= 0.3 is 0 Å². The van der Waals surface area contributed by atoms with Gasteiger partial charge < -0.3 is 20.3 Å². The quantitative estimate of drug-likeness (QED) is 0.866. The van der Waals surface area contributed by atoms with E-state index in [9.17, 15) is 4.79 Å². The Hall–Kier alpha value is -2.05. The van der Waals surface area contributed by atoms with Gasteiger partial charge in [-0.1, -0.05) is 13.8 Å². The number of hydrogen-bond donors (Lipinski definition) is 1. The largest absolute Gasteiger partial charge is 0.481 e. The van der Waals surface area contributed by atoms with Crippen LogP contribution in [0.15, 0.2) is 6.07 Å². The van der Waals surface area contributed by atoms with Crippen molar-refractivity contribution in [3.05, 3.63) is 6.07 Å². The molecule has 1 atom stereocenters. The molecule has 0 aliphatic carbocycles. The normalized spacial score (nSPS) is 23.8. The van der Waals surface area contributed by atoms with E-state index in [2.05, 4.69) is 33.6 Å². The van der Waals surface area contributed by atoms with E-state index in [0.717, 1.165) is 57.7 Å². The molecule has 1 aromatic rings. The molecule has 0 saturated carbocycles. The molecule has 0 bridgehead atoms. The lowest BCUT2D eigenvalue weighted by Crippen LogP contribution is -2.54. The molecule has 1 spiro atoms. The van der Waals surface area contributed by atoms with E-state index in [1.165, 1.54) is 0 Å². The van der Waals surface area contributed by atoms with Crippen molar-refractivity contribution in [2.24, 2.45) is 11.3 Å². The molecule has 3 rings (SSSR count). The maximum Gasteiger partial charge on any atom is 0.225 e. The van der Waals surface area contributed by atoms with Gasteiger partial charge in [0.1, 0.15) is 5.82 Å². The maximum absolute atomic E-state index is 12.4. The third-order valence-corrected chi connectivity index (χ3v) is 5.63.